The van der Waals surface area contributed by atoms with Crippen LogP contribution in [0.3, 0.4) is 0 Å². The lowest BCUT2D eigenvalue weighted by Crippen LogP contribution is -2.00. The summed E-state index contributed by atoms with van der Waals surface area (Å²) in [5.74, 6) is 0. The molecule has 0 atom stereocenters. The van der Waals surface area contributed by atoms with Gasteiger partial charge in [0.1, 0.15) is 5.52 Å². The quantitative estimate of drug-likeness (QED) is 0.152. The standard InChI is InChI=1S/C60H40N2/c1-5-17-41(18-6-1)45-29-33-57(51(37-45)44-23-11-4-12-24-44)62-59-34-30-46(42-19-7-2-8-20-42)38-53(59)54-40-48(32-36-60(54)62)47-31-35-58-52(39-47)50-26-14-16-28-56(50)61(58)55-27-15-13-25-49(55)43-21-9-3-10-22-43/h1-9,11-15,17-21,23-27,29-40H,10,22H2. The highest BCUT2D eigenvalue weighted by atomic mass is 15.0. The first-order valence-corrected chi connectivity index (χ1v) is 21.5. The Balaban J connectivity index is 1.07. The van der Waals surface area contributed by atoms with Gasteiger partial charge in [-0.05, 0) is 130 Å². The Bertz CT molecular complexity index is 3550. The minimum atomic E-state index is 1.03. The van der Waals surface area contributed by atoms with Crippen LogP contribution in [0.2, 0.25) is 0 Å². The largest absolute Gasteiger partial charge is 0.309 e. The molecule has 0 bridgehead atoms. The maximum atomic E-state index is 3.51. The molecule has 0 unspecified atom stereocenters. The zero-order chi connectivity index (χ0) is 41.0. The third kappa shape index (κ3) is 5.98. The highest BCUT2D eigenvalue weighted by Crippen LogP contribution is 2.42. The van der Waals surface area contributed by atoms with E-state index < -0.39 is 0 Å². The number of para-hydroxylation sites is 1. The molecule has 2 aromatic heterocycles. The Kier molecular flexibility index (Phi) is 8.58. The maximum Gasteiger partial charge on any atom is 0.105 e. The van der Waals surface area contributed by atoms with Crippen LogP contribution >= 0.6 is 0 Å². The van der Waals surface area contributed by atoms with Gasteiger partial charge in [0.15, 0.2) is 0 Å². The van der Waals surface area contributed by atoms with Gasteiger partial charge in [-0.15, -0.1) is 0 Å². The number of hydrogen-bond acceptors (Lipinski definition) is 0. The fraction of sp³-hybridized carbons (Fsp3) is 0.0333. The van der Waals surface area contributed by atoms with E-state index in [4.69, 9.17) is 0 Å². The lowest BCUT2D eigenvalue weighted by molar-refractivity contribution is 1.05. The van der Waals surface area contributed by atoms with Gasteiger partial charge in [-0.1, -0.05) is 158 Å². The summed E-state index contributed by atoms with van der Waals surface area (Å²) in [7, 11) is 0. The first-order chi connectivity index (χ1) is 30.8. The number of nitrogens with zero attached hydrogens (tertiary/aromatic N) is 2. The van der Waals surface area contributed by atoms with Crippen molar-refractivity contribution in [1.29, 1.82) is 0 Å². The molecule has 62 heavy (non-hydrogen) atoms. The minimum absolute atomic E-state index is 1.03. The van der Waals surface area contributed by atoms with Crippen molar-refractivity contribution in [2.24, 2.45) is 0 Å². The molecule has 1 aliphatic carbocycles. The molecule has 0 N–H and O–H groups in total. The monoisotopic (exact) mass is 788 g/mol. The molecule has 0 saturated carbocycles. The SMILES string of the molecule is c1ccc2c3cc(-c4ccc5c(c4)c4cc(-c6ccccc6)ccc4n5-c4ccc(-c5ccccc5)cc4-c4ccccc4)ccc3n(-c3ccccc3C3=CC=CCC3)c2c#1. The number of aromatic nitrogens is 2. The Morgan fingerprint density at radius 2 is 0.903 bits per heavy atom. The molecular weight excluding hydrogens is 749 g/mol. The van der Waals surface area contributed by atoms with Crippen LogP contribution in [0, 0.1) is 12.1 Å². The van der Waals surface area contributed by atoms with E-state index in [0.29, 0.717) is 0 Å². The normalized spacial score (nSPS) is 12.6. The second-order valence-electron chi connectivity index (χ2n) is 16.2. The average Bonchev–Trinajstić information content (AvgIpc) is 3.86. The molecule has 0 saturated heterocycles. The number of rotatable bonds is 7. The van der Waals surface area contributed by atoms with Crippen molar-refractivity contribution in [2.75, 3.05) is 0 Å². The molecular formula is C60H40N2. The van der Waals surface area contributed by atoms with E-state index in [1.54, 1.807) is 0 Å². The van der Waals surface area contributed by atoms with Gasteiger partial charge in [-0.25, -0.2) is 0 Å². The van der Waals surface area contributed by atoms with Crippen molar-refractivity contribution >= 4 is 49.2 Å². The van der Waals surface area contributed by atoms with Gasteiger partial charge in [-0.3, -0.25) is 0 Å². The van der Waals surface area contributed by atoms with Crippen LogP contribution in [-0.2, 0) is 0 Å². The van der Waals surface area contributed by atoms with E-state index in [9.17, 15) is 0 Å². The van der Waals surface area contributed by atoms with Gasteiger partial charge in [0.05, 0.1) is 27.9 Å². The first kappa shape index (κ1) is 35.8. The molecule has 9 aromatic carbocycles. The topological polar surface area (TPSA) is 9.86 Å². The van der Waals surface area contributed by atoms with Crippen molar-refractivity contribution in [3.8, 4) is 55.9 Å². The van der Waals surface area contributed by atoms with Gasteiger partial charge in [-0.2, -0.15) is 0 Å². The molecule has 0 fully saturated rings. The van der Waals surface area contributed by atoms with Gasteiger partial charge in [0.2, 0.25) is 0 Å². The van der Waals surface area contributed by atoms with Crippen molar-refractivity contribution < 1.29 is 0 Å². The molecule has 0 radical (unpaired) electrons. The molecule has 2 heterocycles. The molecule has 0 amide bonds. The van der Waals surface area contributed by atoms with Gasteiger partial charge in [0, 0.05) is 32.7 Å². The molecule has 0 spiro atoms. The zero-order valence-electron chi connectivity index (χ0n) is 34.1. The zero-order valence-corrected chi connectivity index (χ0v) is 34.1. The van der Waals surface area contributed by atoms with Crippen LogP contribution in [0.15, 0.2) is 218 Å². The number of hydrogen-bond donors (Lipinski definition) is 0. The molecule has 11 aromatic rings. The molecule has 12 rings (SSSR count). The third-order valence-corrected chi connectivity index (χ3v) is 12.7. The molecule has 1 aliphatic rings. The number of fused-ring (bicyclic) bond motifs is 6. The smallest absolute Gasteiger partial charge is 0.105 e. The number of allylic oxidation sites excluding steroid dienone is 4. The summed E-state index contributed by atoms with van der Waals surface area (Å²) >= 11 is 0. The van der Waals surface area contributed by atoms with Crippen LogP contribution in [-0.4, -0.2) is 9.13 Å². The summed E-state index contributed by atoms with van der Waals surface area (Å²) in [6.07, 6.45) is 8.79. The van der Waals surface area contributed by atoms with E-state index in [2.05, 4.69) is 234 Å². The highest BCUT2D eigenvalue weighted by molar-refractivity contribution is 6.13. The second-order valence-corrected chi connectivity index (χ2v) is 16.2. The van der Waals surface area contributed by atoms with Crippen LogP contribution in [0.5, 0.6) is 0 Å². The van der Waals surface area contributed by atoms with Gasteiger partial charge in [0.25, 0.3) is 0 Å². The van der Waals surface area contributed by atoms with Crippen molar-refractivity contribution in [3.63, 3.8) is 0 Å². The Labute approximate surface area is 361 Å². The summed E-state index contributed by atoms with van der Waals surface area (Å²) < 4.78 is 4.85. The predicted molar refractivity (Wildman–Crippen MR) is 261 cm³/mol. The van der Waals surface area contributed by atoms with E-state index >= 15 is 0 Å². The lowest BCUT2D eigenvalue weighted by Gasteiger charge is -2.17. The van der Waals surface area contributed by atoms with Crippen molar-refractivity contribution in [3.05, 3.63) is 236 Å². The third-order valence-electron chi connectivity index (χ3n) is 12.7. The highest BCUT2D eigenvalue weighted by Gasteiger charge is 2.20. The van der Waals surface area contributed by atoms with Gasteiger partial charge < -0.3 is 9.13 Å². The first-order valence-electron chi connectivity index (χ1n) is 21.5. The molecule has 0 aliphatic heterocycles. The Morgan fingerprint density at radius 1 is 0.387 bits per heavy atom. The van der Waals surface area contributed by atoms with E-state index in [1.807, 2.05) is 6.07 Å². The fourth-order valence-electron chi connectivity index (χ4n) is 9.70. The maximum absolute atomic E-state index is 3.51. The minimum Gasteiger partial charge on any atom is -0.309 e. The Morgan fingerprint density at radius 3 is 1.53 bits per heavy atom. The predicted octanol–water partition coefficient (Wildman–Crippen LogP) is 15.9. The molecule has 2 nitrogen and oxygen atoms in total. The Hall–Kier alpha value is -8.12. The number of benzene rings is 8. The summed E-state index contributed by atoms with van der Waals surface area (Å²) in [5.41, 5.74) is 19.0. The summed E-state index contributed by atoms with van der Waals surface area (Å²) in [6.45, 7) is 0. The molecule has 2 heteroatoms. The fourth-order valence-corrected chi connectivity index (χ4v) is 9.70. The van der Waals surface area contributed by atoms with Crippen molar-refractivity contribution in [1.82, 2.24) is 9.13 Å². The lowest BCUT2D eigenvalue weighted by atomic mass is 9.96. The van der Waals surface area contributed by atoms with E-state index in [-0.39, 0.29) is 0 Å². The van der Waals surface area contributed by atoms with Crippen LogP contribution in [0.1, 0.15) is 18.4 Å². The average molecular weight is 789 g/mol. The van der Waals surface area contributed by atoms with Crippen molar-refractivity contribution in [2.45, 2.75) is 12.8 Å². The van der Waals surface area contributed by atoms with Crippen LogP contribution in [0.25, 0.3) is 105 Å². The summed E-state index contributed by atoms with van der Waals surface area (Å²) in [5, 5.41) is 4.82. The van der Waals surface area contributed by atoms with Crippen LogP contribution in [0.4, 0.5) is 0 Å². The van der Waals surface area contributed by atoms with E-state index in [0.717, 1.165) is 29.6 Å². The summed E-state index contributed by atoms with van der Waals surface area (Å²) in [6, 6.07) is 79.8. The second kappa shape index (κ2) is 14.9. The van der Waals surface area contributed by atoms with E-state index in [1.165, 1.54) is 93.9 Å². The molecule has 290 valence electrons. The summed E-state index contributed by atoms with van der Waals surface area (Å²) in [4.78, 5) is 0. The van der Waals surface area contributed by atoms with Crippen LogP contribution < -0.4 is 0 Å². The van der Waals surface area contributed by atoms with Gasteiger partial charge >= 0.3 is 0 Å².